The molecule has 0 aliphatic carbocycles. The van der Waals surface area contributed by atoms with Gasteiger partial charge in [-0.2, -0.15) is 5.26 Å². The van der Waals surface area contributed by atoms with Crippen LogP contribution in [0.5, 0.6) is 0 Å². The molecule has 1 aromatic carbocycles. The number of nitrogens with zero attached hydrogens (tertiary/aromatic N) is 2. The molecular weight excluding hydrogens is 198 g/mol. The largest absolute Gasteiger partial charge is 0.385 e. The van der Waals surface area contributed by atoms with Crippen molar-refractivity contribution in [2.75, 3.05) is 32.5 Å². The fraction of sp³-hybridized carbons (Fsp3) is 0.462. The van der Waals surface area contributed by atoms with Crippen LogP contribution in [0.3, 0.4) is 0 Å². The normalized spacial score (nSPS) is 10.1. The van der Waals surface area contributed by atoms with Crippen molar-refractivity contribution in [3.8, 4) is 6.07 Å². The summed E-state index contributed by atoms with van der Waals surface area (Å²) in [5.74, 6) is 0. The molecule has 1 rings (SSSR count). The van der Waals surface area contributed by atoms with E-state index in [1.54, 1.807) is 0 Å². The molecule has 0 bridgehead atoms. The topological polar surface area (TPSA) is 39.1 Å². The van der Waals surface area contributed by atoms with Crippen LogP contribution in [0.25, 0.3) is 0 Å². The smallest absolute Gasteiger partial charge is 0.0669 e. The van der Waals surface area contributed by atoms with Crippen molar-refractivity contribution in [3.05, 3.63) is 29.8 Å². The van der Waals surface area contributed by atoms with Gasteiger partial charge in [-0.25, -0.2) is 0 Å². The molecule has 0 saturated heterocycles. The lowest BCUT2D eigenvalue weighted by molar-refractivity contribution is 0.405. The third kappa shape index (κ3) is 4.81. The Morgan fingerprint density at radius 2 is 1.94 bits per heavy atom. The molecule has 0 amide bonds. The monoisotopic (exact) mass is 217 g/mol. The van der Waals surface area contributed by atoms with Crippen LogP contribution in [0, 0.1) is 11.3 Å². The highest BCUT2D eigenvalue weighted by molar-refractivity contribution is 5.44. The van der Waals surface area contributed by atoms with Gasteiger partial charge in [-0.1, -0.05) is 12.1 Å². The molecule has 0 aliphatic heterocycles. The molecule has 0 aromatic heterocycles. The quantitative estimate of drug-likeness (QED) is 0.742. The molecule has 3 heteroatoms. The third-order valence-electron chi connectivity index (χ3n) is 2.35. The average molecular weight is 217 g/mol. The van der Waals surface area contributed by atoms with E-state index < -0.39 is 0 Å². The fourth-order valence-corrected chi connectivity index (χ4v) is 1.46. The van der Waals surface area contributed by atoms with Crippen molar-refractivity contribution in [1.82, 2.24) is 4.90 Å². The minimum atomic E-state index is 0.487. The van der Waals surface area contributed by atoms with Gasteiger partial charge in [0.25, 0.3) is 0 Å². The SMILES string of the molecule is CN(C)CCCNc1ccc(CC#N)cc1. The van der Waals surface area contributed by atoms with Gasteiger partial charge in [-0.3, -0.25) is 0 Å². The number of hydrogen-bond acceptors (Lipinski definition) is 3. The molecule has 0 saturated carbocycles. The van der Waals surface area contributed by atoms with Crippen LogP contribution in [0.1, 0.15) is 12.0 Å². The molecular formula is C13H19N3. The molecule has 0 radical (unpaired) electrons. The van der Waals surface area contributed by atoms with Crippen molar-refractivity contribution in [2.45, 2.75) is 12.8 Å². The summed E-state index contributed by atoms with van der Waals surface area (Å²) in [6, 6.07) is 10.2. The number of rotatable bonds is 6. The molecule has 3 nitrogen and oxygen atoms in total. The van der Waals surface area contributed by atoms with Crippen LogP contribution < -0.4 is 5.32 Å². The minimum Gasteiger partial charge on any atom is -0.385 e. The van der Waals surface area contributed by atoms with Crippen LogP contribution in [-0.4, -0.2) is 32.1 Å². The van der Waals surface area contributed by atoms with Crippen LogP contribution in [0.2, 0.25) is 0 Å². The van der Waals surface area contributed by atoms with E-state index in [1.807, 2.05) is 24.3 Å². The molecule has 0 atom stereocenters. The van der Waals surface area contributed by atoms with Crippen molar-refractivity contribution >= 4 is 5.69 Å². The predicted molar refractivity (Wildman–Crippen MR) is 67.4 cm³/mol. The van der Waals surface area contributed by atoms with Gasteiger partial charge < -0.3 is 10.2 Å². The van der Waals surface area contributed by atoms with Gasteiger partial charge in [0, 0.05) is 12.2 Å². The second-order valence-electron chi connectivity index (χ2n) is 4.12. The van der Waals surface area contributed by atoms with Gasteiger partial charge in [-0.15, -0.1) is 0 Å². The zero-order chi connectivity index (χ0) is 11.8. The Morgan fingerprint density at radius 1 is 1.25 bits per heavy atom. The molecule has 0 spiro atoms. The third-order valence-corrected chi connectivity index (χ3v) is 2.35. The highest BCUT2D eigenvalue weighted by Crippen LogP contribution is 2.09. The molecule has 16 heavy (non-hydrogen) atoms. The number of nitrogens with one attached hydrogen (secondary N) is 1. The molecule has 1 aromatic rings. The highest BCUT2D eigenvalue weighted by atomic mass is 15.1. The second kappa shape index (κ2) is 6.86. The van der Waals surface area contributed by atoms with E-state index in [2.05, 4.69) is 30.4 Å². The van der Waals surface area contributed by atoms with Gasteiger partial charge in [0.1, 0.15) is 0 Å². The number of anilines is 1. The van der Waals surface area contributed by atoms with E-state index in [4.69, 9.17) is 5.26 Å². The standard InChI is InChI=1S/C13H19N3/c1-16(2)11-3-10-15-13-6-4-12(5-7-13)8-9-14/h4-7,15H,3,8,10-11H2,1-2H3. The highest BCUT2D eigenvalue weighted by Gasteiger charge is 1.94. The minimum absolute atomic E-state index is 0.487. The Kier molecular flexibility index (Phi) is 5.38. The molecule has 0 heterocycles. The van der Waals surface area contributed by atoms with Crippen molar-refractivity contribution in [3.63, 3.8) is 0 Å². The Bertz CT molecular complexity index is 335. The second-order valence-corrected chi connectivity index (χ2v) is 4.12. The van der Waals surface area contributed by atoms with E-state index in [-0.39, 0.29) is 0 Å². The van der Waals surface area contributed by atoms with E-state index in [0.29, 0.717) is 6.42 Å². The summed E-state index contributed by atoms with van der Waals surface area (Å²) in [5, 5.41) is 11.9. The number of nitriles is 1. The maximum atomic E-state index is 8.54. The van der Waals surface area contributed by atoms with E-state index in [0.717, 1.165) is 30.8 Å². The zero-order valence-electron chi connectivity index (χ0n) is 10.0. The Morgan fingerprint density at radius 3 is 2.50 bits per heavy atom. The Hall–Kier alpha value is -1.53. The maximum Gasteiger partial charge on any atom is 0.0669 e. The van der Waals surface area contributed by atoms with E-state index in [1.165, 1.54) is 0 Å². The van der Waals surface area contributed by atoms with Crippen LogP contribution >= 0.6 is 0 Å². The number of benzene rings is 1. The first-order valence-electron chi connectivity index (χ1n) is 5.57. The van der Waals surface area contributed by atoms with Crippen molar-refractivity contribution in [1.29, 1.82) is 5.26 Å². The Labute approximate surface area is 97.7 Å². The Balaban J connectivity index is 2.30. The summed E-state index contributed by atoms with van der Waals surface area (Å²) in [4.78, 5) is 2.18. The van der Waals surface area contributed by atoms with Gasteiger partial charge in [0.2, 0.25) is 0 Å². The zero-order valence-corrected chi connectivity index (χ0v) is 10.0. The molecule has 86 valence electrons. The van der Waals surface area contributed by atoms with Crippen LogP contribution in [-0.2, 0) is 6.42 Å². The van der Waals surface area contributed by atoms with Gasteiger partial charge in [0.15, 0.2) is 0 Å². The lowest BCUT2D eigenvalue weighted by Gasteiger charge is -2.10. The van der Waals surface area contributed by atoms with Crippen molar-refractivity contribution in [2.24, 2.45) is 0 Å². The average Bonchev–Trinajstić information content (AvgIpc) is 2.27. The first-order chi connectivity index (χ1) is 7.72. The number of hydrogen-bond donors (Lipinski definition) is 1. The maximum absolute atomic E-state index is 8.54. The molecule has 0 unspecified atom stereocenters. The van der Waals surface area contributed by atoms with Gasteiger partial charge in [0.05, 0.1) is 12.5 Å². The fourth-order valence-electron chi connectivity index (χ4n) is 1.46. The molecule has 0 fully saturated rings. The lowest BCUT2D eigenvalue weighted by atomic mass is 10.1. The summed E-state index contributed by atoms with van der Waals surface area (Å²) in [7, 11) is 4.16. The summed E-state index contributed by atoms with van der Waals surface area (Å²) < 4.78 is 0. The lowest BCUT2D eigenvalue weighted by Crippen LogP contribution is -2.16. The van der Waals surface area contributed by atoms with Crippen LogP contribution in [0.15, 0.2) is 24.3 Å². The van der Waals surface area contributed by atoms with Gasteiger partial charge in [-0.05, 0) is 44.8 Å². The van der Waals surface area contributed by atoms with E-state index in [9.17, 15) is 0 Å². The predicted octanol–water partition coefficient (Wildman–Crippen LogP) is 2.12. The first-order valence-corrected chi connectivity index (χ1v) is 5.57. The van der Waals surface area contributed by atoms with Crippen LogP contribution in [0.4, 0.5) is 5.69 Å². The van der Waals surface area contributed by atoms with E-state index >= 15 is 0 Å². The summed E-state index contributed by atoms with van der Waals surface area (Å²) >= 11 is 0. The van der Waals surface area contributed by atoms with Crippen molar-refractivity contribution < 1.29 is 0 Å². The molecule has 1 N–H and O–H groups in total. The summed E-state index contributed by atoms with van der Waals surface area (Å²) in [6.45, 7) is 2.08. The first kappa shape index (κ1) is 12.5. The van der Waals surface area contributed by atoms with Gasteiger partial charge >= 0.3 is 0 Å². The summed E-state index contributed by atoms with van der Waals surface area (Å²) in [5.41, 5.74) is 2.20. The summed E-state index contributed by atoms with van der Waals surface area (Å²) in [6.07, 6.45) is 1.62. The molecule has 0 aliphatic rings.